The number of methoxy groups -OCH3 is 1. The number of benzene rings is 2. The molecule has 1 fully saturated rings. The molecule has 0 N–H and O–H groups in total. The van der Waals surface area contributed by atoms with Crippen LogP contribution in [0.5, 0.6) is 0 Å². The Bertz CT molecular complexity index is 910. The number of hydrogen-bond acceptors (Lipinski definition) is 4. The van der Waals surface area contributed by atoms with Crippen molar-refractivity contribution in [2.45, 2.75) is 12.5 Å². The Labute approximate surface area is 175 Å². The van der Waals surface area contributed by atoms with E-state index in [1.165, 1.54) is 12.1 Å². The normalized spacial score (nSPS) is 19.1. The van der Waals surface area contributed by atoms with Crippen LogP contribution < -0.4 is 4.90 Å². The van der Waals surface area contributed by atoms with Crippen LogP contribution in [0.1, 0.15) is 17.2 Å². The lowest BCUT2D eigenvalue weighted by atomic mass is 9.91. The van der Waals surface area contributed by atoms with E-state index in [1.807, 2.05) is 29.2 Å². The summed E-state index contributed by atoms with van der Waals surface area (Å²) in [5.74, 6) is -0.358. The number of anilines is 1. The largest absolute Gasteiger partial charge is 0.383 e. The topological polar surface area (TPSA) is 53.1 Å². The lowest BCUT2D eigenvalue weighted by Gasteiger charge is -2.42. The van der Waals surface area contributed by atoms with Gasteiger partial charge in [0, 0.05) is 45.5 Å². The summed E-state index contributed by atoms with van der Waals surface area (Å²) in [6, 6.07) is 13.5. The minimum absolute atomic E-state index is 0.0472. The van der Waals surface area contributed by atoms with Gasteiger partial charge >= 0.3 is 0 Å². The van der Waals surface area contributed by atoms with E-state index in [9.17, 15) is 14.0 Å². The van der Waals surface area contributed by atoms with Gasteiger partial charge in [0.1, 0.15) is 11.9 Å². The van der Waals surface area contributed by atoms with Crippen LogP contribution >= 0.6 is 0 Å². The maximum absolute atomic E-state index is 13.5. The Morgan fingerprint density at radius 1 is 1.07 bits per heavy atom. The highest BCUT2D eigenvalue weighted by Crippen LogP contribution is 2.32. The van der Waals surface area contributed by atoms with Crippen molar-refractivity contribution in [1.82, 2.24) is 9.80 Å². The van der Waals surface area contributed by atoms with E-state index in [0.29, 0.717) is 45.8 Å². The highest BCUT2D eigenvalue weighted by Gasteiger charge is 2.39. The van der Waals surface area contributed by atoms with Crippen molar-refractivity contribution in [1.29, 1.82) is 0 Å². The number of ether oxygens (including phenoxy) is 1. The third kappa shape index (κ3) is 4.03. The van der Waals surface area contributed by atoms with Gasteiger partial charge in [-0.1, -0.05) is 24.3 Å². The van der Waals surface area contributed by atoms with Crippen LogP contribution in [0.4, 0.5) is 10.1 Å². The van der Waals surface area contributed by atoms with Crippen molar-refractivity contribution in [2.75, 3.05) is 51.3 Å². The molecule has 2 heterocycles. The predicted octanol–water partition coefficient (Wildman–Crippen LogP) is 2.25. The second-order valence-electron chi connectivity index (χ2n) is 7.65. The first-order chi connectivity index (χ1) is 14.6. The molecular weight excluding hydrogens is 385 g/mol. The zero-order valence-corrected chi connectivity index (χ0v) is 17.1. The molecule has 0 bridgehead atoms. The minimum atomic E-state index is -0.616. The zero-order valence-electron chi connectivity index (χ0n) is 17.1. The first-order valence-corrected chi connectivity index (χ1v) is 10.2. The number of rotatable bonds is 5. The Kier molecular flexibility index (Phi) is 5.99. The van der Waals surface area contributed by atoms with Gasteiger partial charge in [-0.3, -0.25) is 9.59 Å². The van der Waals surface area contributed by atoms with Gasteiger partial charge in [-0.2, -0.15) is 0 Å². The lowest BCUT2D eigenvalue weighted by Crippen LogP contribution is -2.54. The number of halogens is 1. The second kappa shape index (κ2) is 8.83. The van der Waals surface area contributed by atoms with Crippen LogP contribution in [0.15, 0.2) is 48.5 Å². The summed E-state index contributed by atoms with van der Waals surface area (Å²) < 4.78 is 18.4. The number of carbonyl (C=O) groups excluding carboxylic acids is 2. The summed E-state index contributed by atoms with van der Waals surface area (Å²) in [7, 11) is 1.59. The van der Waals surface area contributed by atoms with Crippen LogP contribution in [0.3, 0.4) is 0 Å². The molecule has 2 aliphatic heterocycles. The SMILES string of the molecule is COCCN1C(=O)Cc2ccccc2C1C(=O)N1CCN(c2ccc(F)cc2)CC1. The number of nitrogens with zero attached hydrogens (tertiary/aromatic N) is 3. The van der Waals surface area contributed by atoms with E-state index < -0.39 is 6.04 Å². The standard InChI is InChI=1S/C23H26FN3O3/c1-30-15-14-27-21(28)16-17-4-2-3-5-20(17)22(27)23(29)26-12-10-25(11-13-26)19-8-6-18(24)7-9-19/h2-9,22H,10-16H2,1H3. The van der Waals surface area contributed by atoms with E-state index in [1.54, 1.807) is 24.1 Å². The number of piperazine rings is 1. The summed E-state index contributed by atoms with van der Waals surface area (Å²) in [6.07, 6.45) is 0.308. The summed E-state index contributed by atoms with van der Waals surface area (Å²) in [5.41, 5.74) is 2.77. The molecule has 0 aliphatic carbocycles. The quantitative estimate of drug-likeness (QED) is 0.757. The van der Waals surface area contributed by atoms with E-state index >= 15 is 0 Å². The molecule has 0 radical (unpaired) electrons. The van der Waals surface area contributed by atoms with Gasteiger partial charge in [0.2, 0.25) is 11.8 Å². The van der Waals surface area contributed by atoms with Crippen LogP contribution in [0.25, 0.3) is 0 Å². The fourth-order valence-corrected chi connectivity index (χ4v) is 4.26. The van der Waals surface area contributed by atoms with Crippen molar-refractivity contribution in [2.24, 2.45) is 0 Å². The number of fused-ring (bicyclic) bond motifs is 1. The second-order valence-corrected chi connectivity index (χ2v) is 7.65. The Balaban J connectivity index is 1.52. The molecule has 1 atom stereocenters. The van der Waals surface area contributed by atoms with Crippen molar-refractivity contribution >= 4 is 17.5 Å². The molecule has 2 aliphatic rings. The van der Waals surface area contributed by atoms with E-state index in [2.05, 4.69) is 4.90 Å². The molecule has 2 amide bonds. The molecule has 2 aromatic carbocycles. The van der Waals surface area contributed by atoms with Gasteiger partial charge in [0.25, 0.3) is 0 Å². The first-order valence-electron chi connectivity index (χ1n) is 10.2. The van der Waals surface area contributed by atoms with Gasteiger partial charge in [-0.15, -0.1) is 0 Å². The summed E-state index contributed by atoms with van der Waals surface area (Å²) in [4.78, 5) is 32.0. The zero-order chi connectivity index (χ0) is 21.1. The Morgan fingerprint density at radius 3 is 2.47 bits per heavy atom. The molecule has 0 aromatic heterocycles. The smallest absolute Gasteiger partial charge is 0.250 e. The van der Waals surface area contributed by atoms with E-state index in [-0.39, 0.29) is 17.6 Å². The number of carbonyl (C=O) groups is 2. The van der Waals surface area contributed by atoms with E-state index in [0.717, 1.165) is 16.8 Å². The maximum atomic E-state index is 13.5. The fraction of sp³-hybridized carbons (Fsp3) is 0.391. The van der Waals surface area contributed by atoms with Gasteiger partial charge in [0.05, 0.1) is 13.0 Å². The highest BCUT2D eigenvalue weighted by molar-refractivity contribution is 5.92. The average molecular weight is 411 g/mol. The molecule has 4 rings (SSSR count). The molecule has 6 nitrogen and oxygen atoms in total. The van der Waals surface area contributed by atoms with Crippen molar-refractivity contribution in [3.8, 4) is 0 Å². The molecular formula is C23H26FN3O3. The Morgan fingerprint density at radius 2 is 1.77 bits per heavy atom. The van der Waals surface area contributed by atoms with Gasteiger partial charge < -0.3 is 19.4 Å². The third-order valence-electron chi connectivity index (χ3n) is 5.88. The fourth-order valence-electron chi connectivity index (χ4n) is 4.26. The average Bonchev–Trinajstić information content (AvgIpc) is 2.77. The monoisotopic (exact) mass is 411 g/mol. The van der Waals surface area contributed by atoms with Crippen LogP contribution in [-0.2, 0) is 20.7 Å². The summed E-state index contributed by atoms with van der Waals surface area (Å²) in [5, 5.41) is 0. The van der Waals surface area contributed by atoms with Crippen LogP contribution in [-0.4, -0.2) is 68.1 Å². The van der Waals surface area contributed by atoms with Crippen LogP contribution in [0.2, 0.25) is 0 Å². The van der Waals surface area contributed by atoms with Crippen molar-refractivity contribution in [3.05, 3.63) is 65.5 Å². The Hall–Kier alpha value is -2.93. The number of amides is 2. The van der Waals surface area contributed by atoms with Crippen molar-refractivity contribution in [3.63, 3.8) is 0 Å². The third-order valence-corrected chi connectivity index (χ3v) is 5.88. The van der Waals surface area contributed by atoms with Gasteiger partial charge in [-0.25, -0.2) is 4.39 Å². The predicted molar refractivity (Wildman–Crippen MR) is 112 cm³/mol. The van der Waals surface area contributed by atoms with E-state index in [4.69, 9.17) is 4.74 Å². The number of hydrogen-bond donors (Lipinski definition) is 0. The molecule has 1 saturated heterocycles. The molecule has 158 valence electrons. The van der Waals surface area contributed by atoms with Crippen molar-refractivity contribution < 1.29 is 18.7 Å². The molecule has 1 unspecified atom stereocenters. The minimum Gasteiger partial charge on any atom is -0.383 e. The molecule has 0 saturated carbocycles. The van der Waals surface area contributed by atoms with Crippen LogP contribution in [0, 0.1) is 5.82 Å². The maximum Gasteiger partial charge on any atom is 0.250 e. The lowest BCUT2D eigenvalue weighted by molar-refractivity contribution is -0.147. The van der Waals surface area contributed by atoms with Gasteiger partial charge in [0.15, 0.2) is 0 Å². The first kappa shape index (κ1) is 20.3. The molecule has 0 spiro atoms. The molecule has 7 heteroatoms. The van der Waals surface area contributed by atoms with Gasteiger partial charge in [-0.05, 0) is 35.4 Å². The summed E-state index contributed by atoms with van der Waals surface area (Å²) >= 11 is 0. The molecule has 30 heavy (non-hydrogen) atoms. The highest BCUT2D eigenvalue weighted by atomic mass is 19.1. The molecule has 2 aromatic rings. The summed E-state index contributed by atoms with van der Waals surface area (Å²) in [6.45, 7) is 3.21.